The number of halogens is 4. The van der Waals surface area contributed by atoms with Gasteiger partial charge in [-0.2, -0.15) is 13.2 Å². The van der Waals surface area contributed by atoms with Crippen molar-refractivity contribution in [3.8, 4) is 0 Å². The molecule has 0 aliphatic carbocycles. The van der Waals surface area contributed by atoms with Crippen LogP contribution in [-0.2, 0) is 20.5 Å². The lowest BCUT2D eigenvalue weighted by molar-refractivity contribution is -0.143. The Hall–Kier alpha value is -2.81. The number of carbonyl (C=O) groups is 2. The lowest BCUT2D eigenvalue weighted by Crippen LogP contribution is -2.24. The summed E-state index contributed by atoms with van der Waals surface area (Å²) in [6.45, 7) is 1.89. The quantitative estimate of drug-likeness (QED) is 0.353. The molecule has 160 valence electrons. The number of rotatable bonds is 8. The fraction of sp³-hybridized carbons (Fsp3) is 0.238. The van der Waals surface area contributed by atoms with E-state index in [-0.39, 0.29) is 25.1 Å². The second kappa shape index (κ2) is 10.8. The van der Waals surface area contributed by atoms with Crippen molar-refractivity contribution in [1.29, 1.82) is 0 Å². The molecule has 0 radical (unpaired) electrons. The molecule has 2 rings (SSSR count). The summed E-state index contributed by atoms with van der Waals surface area (Å²) in [5.74, 6) is -1.54. The van der Waals surface area contributed by atoms with Gasteiger partial charge in [-0.3, -0.25) is 9.59 Å². The minimum atomic E-state index is -4.63. The van der Waals surface area contributed by atoms with Gasteiger partial charge in [0.15, 0.2) is 0 Å². The molecule has 0 atom stereocenters. The highest BCUT2D eigenvalue weighted by molar-refractivity contribution is 7.99. The van der Waals surface area contributed by atoms with Crippen LogP contribution < -0.4 is 5.32 Å². The van der Waals surface area contributed by atoms with Gasteiger partial charge in [-0.15, -0.1) is 0 Å². The number of hydrogen-bond acceptors (Lipinski definition) is 4. The molecular weight excluding hydrogens is 422 g/mol. The molecule has 0 saturated heterocycles. The summed E-state index contributed by atoms with van der Waals surface area (Å²) >= 11 is 1.06. The molecule has 0 aromatic heterocycles. The van der Waals surface area contributed by atoms with Crippen molar-refractivity contribution in [3.05, 3.63) is 65.5 Å². The zero-order chi connectivity index (χ0) is 22.1. The van der Waals surface area contributed by atoms with E-state index in [9.17, 15) is 27.2 Å². The second-order valence-electron chi connectivity index (χ2n) is 5.98. The number of alkyl halides is 3. The van der Waals surface area contributed by atoms with Gasteiger partial charge in [-0.05, 0) is 55.0 Å². The zero-order valence-electron chi connectivity index (χ0n) is 16.0. The minimum absolute atomic E-state index is 0.0153. The van der Waals surface area contributed by atoms with Crippen LogP contribution in [-0.4, -0.2) is 25.0 Å². The Labute approximate surface area is 175 Å². The van der Waals surface area contributed by atoms with Crippen molar-refractivity contribution in [2.45, 2.75) is 29.3 Å². The van der Waals surface area contributed by atoms with Crippen LogP contribution in [0.2, 0.25) is 0 Å². The predicted octanol–water partition coefficient (Wildman–Crippen LogP) is 5.08. The topological polar surface area (TPSA) is 55.4 Å². The van der Waals surface area contributed by atoms with E-state index in [1.165, 1.54) is 36.4 Å². The number of esters is 1. The fourth-order valence-corrected chi connectivity index (χ4v) is 3.23. The molecule has 1 amide bonds. The van der Waals surface area contributed by atoms with Gasteiger partial charge >= 0.3 is 12.1 Å². The maximum absolute atomic E-state index is 13.5. The third-order valence-corrected chi connectivity index (χ3v) is 4.72. The van der Waals surface area contributed by atoms with E-state index in [2.05, 4.69) is 5.32 Å². The van der Waals surface area contributed by atoms with Crippen molar-refractivity contribution in [2.75, 3.05) is 13.2 Å². The summed E-state index contributed by atoms with van der Waals surface area (Å²) < 4.78 is 58.1. The Balaban J connectivity index is 2.09. The van der Waals surface area contributed by atoms with Crippen LogP contribution in [0.1, 0.15) is 24.5 Å². The molecule has 9 heteroatoms. The Kier molecular flexibility index (Phi) is 8.46. The summed E-state index contributed by atoms with van der Waals surface area (Å²) in [6.07, 6.45) is -2.62. The summed E-state index contributed by atoms with van der Waals surface area (Å²) in [6, 6.07) is 9.13. The molecule has 0 bridgehead atoms. The van der Waals surface area contributed by atoms with E-state index in [1.807, 2.05) is 0 Å². The van der Waals surface area contributed by atoms with Gasteiger partial charge in [0.25, 0.3) is 0 Å². The Morgan fingerprint density at radius 2 is 1.77 bits per heavy atom. The molecule has 0 heterocycles. The van der Waals surface area contributed by atoms with Gasteiger partial charge in [-0.1, -0.05) is 17.8 Å². The normalized spacial score (nSPS) is 11.5. The van der Waals surface area contributed by atoms with E-state index in [0.717, 1.165) is 30.0 Å². The van der Waals surface area contributed by atoms with Gasteiger partial charge in [0.1, 0.15) is 5.82 Å². The molecule has 0 aliphatic heterocycles. The maximum atomic E-state index is 13.5. The van der Waals surface area contributed by atoms with Gasteiger partial charge in [0.2, 0.25) is 5.91 Å². The molecular formula is C21H19F4NO3S. The SMILES string of the molecule is CCOC(=O)CCNC(=O)/C=C/c1ccc(Sc2ccc(F)cc2)cc1C(F)(F)F. The van der Waals surface area contributed by atoms with E-state index >= 15 is 0 Å². The van der Waals surface area contributed by atoms with Crippen LogP contribution in [0, 0.1) is 5.82 Å². The van der Waals surface area contributed by atoms with Crippen molar-refractivity contribution in [3.63, 3.8) is 0 Å². The van der Waals surface area contributed by atoms with Crippen LogP contribution in [0.15, 0.2) is 58.3 Å². The van der Waals surface area contributed by atoms with Crippen molar-refractivity contribution >= 4 is 29.7 Å². The molecule has 2 aromatic rings. The fourth-order valence-electron chi connectivity index (χ4n) is 2.37. The molecule has 0 unspecified atom stereocenters. The molecule has 0 aliphatic rings. The van der Waals surface area contributed by atoms with Crippen molar-refractivity contribution < 1.29 is 31.9 Å². The third kappa shape index (κ3) is 7.55. The van der Waals surface area contributed by atoms with Gasteiger partial charge in [-0.25, -0.2) is 4.39 Å². The molecule has 1 N–H and O–H groups in total. The summed E-state index contributed by atoms with van der Waals surface area (Å²) in [4.78, 5) is 23.9. The number of benzene rings is 2. The van der Waals surface area contributed by atoms with Crippen LogP contribution in [0.5, 0.6) is 0 Å². The average Bonchev–Trinajstić information content (AvgIpc) is 2.68. The lowest BCUT2D eigenvalue weighted by atomic mass is 10.1. The largest absolute Gasteiger partial charge is 0.466 e. The van der Waals surface area contributed by atoms with E-state index in [4.69, 9.17) is 4.74 Å². The first-order valence-corrected chi connectivity index (χ1v) is 9.77. The van der Waals surface area contributed by atoms with Crippen LogP contribution in [0.3, 0.4) is 0 Å². The highest BCUT2D eigenvalue weighted by Crippen LogP contribution is 2.37. The molecule has 0 spiro atoms. The Morgan fingerprint density at radius 3 is 2.40 bits per heavy atom. The predicted molar refractivity (Wildman–Crippen MR) is 105 cm³/mol. The van der Waals surface area contributed by atoms with E-state index in [0.29, 0.717) is 9.79 Å². The zero-order valence-corrected chi connectivity index (χ0v) is 16.8. The van der Waals surface area contributed by atoms with Crippen LogP contribution in [0.4, 0.5) is 17.6 Å². The van der Waals surface area contributed by atoms with E-state index in [1.54, 1.807) is 6.92 Å². The third-order valence-electron chi connectivity index (χ3n) is 3.73. The number of ether oxygens (including phenoxy) is 1. The highest BCUT2D eigenvalue weighted by Gasteiger charge is 2.33. The first-order valence-electron chi connectivity index (χ1n) is 8.95. The van der Waals surface area contributed by atoms with Gasteiger partial charge in [0.05, 0.1) is 18.6 Å². The molecule has 0 fully saturated rings. The van der Waals surface area contributed by atoms with Crippen LogP contribution >= 0.6 is 11.8 Å². The standard InChI is InChI=1S/C21H19F4NO3S/c1-2-29-20(28)11-12-26-19(27)10-4-14-3-7-17(13-18(14)21(23,24)25)30-16-8-5-15(22)6-9-16/h3-10,13H,2,11-12H2,1H3,(H,26,27)/b10-4+. The first kappa shape index (κ1) is 23.5. The molecule has 4 nitrogen and oxygen atoms in total. The number of amides is 1. The number of nitrogens with one attached hydrogen (secondary N) is 1. The smallest absolute Gasteiger partial charge is 0.417 e. The van der Waals surface area contributed by atoms with Gasteiger partial charge in [0, 0.05) is 22.4 Å². The lowest BCUT2D eigenvalue weighted by Gasteiger charge is -2.12. The first-order chi connectivity index (χ1) is 14.2. The van der Waals surface area contributed by atoms with Crippen molar-refractivity contribution in [1.82, 2.24) is 5.32 Å². The molecule has 2 aromatic carbocycles. The van der Waals surface area contributed by atoms with Crippen LogP contribution in [0.25, 0.3) is 6.08 Å². The second-order valence-corrected chi connectivity index (χ2v) is 7.13. The van der Waals surface area contributed by atoms with E-state index < -0.39 is 29.4 Å². The summed E-state index contributed by atoms with van der Waals surface area (Å²) in [7, 11) is 0. The minimum Gasteiger partial charge on any atom is -0.466 e. The van der Waals surface area contributed by atoms with Gasteiger partial charge < -0.3 is 10.1 Å². The van der Waals surface area contributed by atoms with Crippen molar-refractivity contribution in [2.24, 2.45) is 0 Å². The number of hydrogen-bond donors (Lipinski definition) is 1. The summed E-state index contributed by atoms with van der Waals surface area (Å²) in [5, 5.41) is 2.41. The average molecular weight is 441 g/mol. The molecule has 0 saturated carbocycles. The number of carbonyl (C=O) groups excluding carboxylic acids is 2. The summed E-state index contributed by atoms with van der Waals surface area (Å²) in [5.41, 5.74) is -1.07. The Bertz CT molecular complexity index is 911. The monoisotopic (exact) mass is 441 g/mol. The Morgan fingerprint density at radius 1 is 1.10 bits per heavy atom. The maximum Gasteiger partial charge on any atom is 0.417 e. The highest BCUT2D eigenvalue weighted by atomic mass is 32.2. The molecule has 30 heavy (non-hydrogen) atoms.